The highest BCUT2D eigenvalue weighted by Gasteiger charge is 2.22. The van der Waals surface area contributed by atoms with Crippen LogP contribution in [0.3, 0.4) is 0 Å². The molecule has 0 aliphatic carbocycles. The zero-order valence-corrected chi connectivity index (χ0v) is 17.7. The normalized spacial score (nSPS) is 12.8. The van der Waals surface area contributed by atoms with Crippen LogP contribution in [-0.4, -0.2) is 32.6 Å². The van der Waals surface area contributed by atoms with E-state index < -0.39 is 0 Å². The summed E-state index contributed by atoms with van der Waals surface area (Å²) in [6.45, 7) is 2.46. The Morgan fingerprint density at radius 1 is 1.10 bits per heavy atom. The predicted molar refractivity (Wildman–Crippen MR) is 121 cm³/mol. The van der Waals surface area contributed by atoms with Crippen LogP contribution in [0.15, 0.2) is 52.8 Å². The van der Waals surface area contributed by atoms with Crippen LogP contribution in [0, 0.1) is 6.92 Å². The number of thiophene rings is 1. The molecule has 1 aliphatic heterocycles. The fourth-order valence-corrected chi connectivity index (χ4v) is 4.14. The number of carbonyl (C=O) groups is 1. The zero-order chi connectivity index (χ0) is 21.3. The monoisotopic (exact) mass is 422 g/mol. The minimum atomic E-state index is -0.251. The quantitative estimate of drug-likeness (QED) is 0.645. The molecule has 8 heteroatoms. The topological polar surface area (TPSA) is 89.2 Å². The summed E-state index contributed by atoms with van der Waals surface area (Å²) in [6, 6.07) is 12.9. The van der Waals surface area contributed by atoms with E-state index in [1.165, 1.54) is 0 Å². The van der Waals surface area contributed by atoms with Crippen LogP contribution in [0.5, 0.6) is 11.5 Å². The molecule has 0 bridgehead atoms. The van der Waals surface area contributed by atoms with Crippen molar-refractivity contribution in [1.29, 1.82) is 0 Å². The van der Waals surface area contributed by atoms with Crippen molar-refractivity contribution < 1.29 is 14.3 Å². The van der Waals surface area contributed by atoms with Gasteiger partial charge in [-0.1, -0.05) is 6.07 Å². The highest BCUT2D eigenvalue weighted by atomic mass is 32.1. The lowest BCUT2D eigenvalue weighted by Gasteiger charge is -2.28. The van der Waals surface area contributed by atoms with Crippen LogP contribution in [0.4, 0.5) is 17.1 Å². The molecule has 0 saturated heterocycles. The van der Waals surface area contributed by atoms with Crippen molar-refractivity contribution in [3.05, 3.63) is 63.8 Å². The Hall–Kier alpha value is -3.52. The molecule has 3 aromatic rings. The van der Waals surface area contributed by atoms with Gasteiger partial charge in [0.15, 0.2) is 0 Å². The molecule has 0 saturated carbocycles. The molecule has 2 heterocycles. The summed E-state index contributed by atoms with van der Waals surface area (Å²) in [6.07, 6.45) is 0. The van der Waals surface area contributed by atoms with Gasteiger partial charge in [0.1, 0.15) is 24.0 Å². The Labute approximate surface area is 178 Å². The van der Waals surface area contributed by atoms with Gasteiger partial charge in [0.25, 0.3) is 5.91 Å². The molecule has 4 rings (SSSR count). The van der Waals surface area contributed by atoms with Gasteiger partial charge in [0.2, 0.25) is 0 Å². The number of amides is 1. The van der Waals surface area contributed by atoms with E-state index in [9.17, 15) is 4.79 Å². The van der Waals surface area contributed by atoms with Crippen LogP contribution < -0.4 is 25.4 Å². The molecule has 1 aromatic heterocycles. The number of carbonyl (C=O) groups excluding carboxylic acids is 1. The first-order chi connectivity index (χ1) is 14.5. The Bertz CT molecular complexity index is 1120. The third-order valence-corrected chi connectivity index (χ3v) is 5.85. The Morgan fingerprint density at radius 2 is 1.83 bits per heavy atom. The van der Waals surface area contributed by atoms with Crippen molar-refractivity contribution in [3.8, 4) is 11.5 Å². The summed E-state index contributed by atoms with van der Waals surface area (Å²) in [5.41, 5.74) is 10.2. The summed E-state index contributed by atoms with van der Waals surface area (Å²) in [7, 11) is 3.10. The van der Waals surface area contributed by atoms with Gasteiger partial charge in [-0.3, -0.25) is 4.79 Å². The summed E-state index contributed by atoms with van der Waals surface area (Å²) in [4.78, 5) is 20.3. The van der Waals surface area contributed by atoms with Crippen molar-refractivity contribution in [2.75, 3.05) is 31.1 Å². The number of methoxy groups -OCH3 is 2. The van der Waals surface area contributed by atoms with Crippen LogP contribution >= 0.6 is 11.3 Å². The minimum absolute atomic E-state index is 0.251. The molecular weight excluding hydrogens is 400 g/mol. The van der Waals surface area contributed by atoms with Gasteiger partial charge in [-0.15, -0.1) is 11.3 Å². The average molecular weight is 423 g/mol. The molecule has 0 fully saturated rings. The molecule has 0 spiro atoms. The predicted octanol–water partition coefficient (Wildman–Crippen LogP) is 4.14. The third kappa shape index (κ3) is 3.69. The maximum absolute atomic E-state index is 12.9. The number of hydrogen-bond donors (Lipinski definition) is 2. The number of aliphatic imine (C=N–C) groups is 1. The van der Waals surface area contributed by atoms with Crippen molar-refractivity contribution >= 4 is 40.1 Å². The standard InChI is InChI=1S/C22H22N4O3S/c1-13-4-5-15(25-22(27)14-8-16(28-2)11-17(9-14)29-3)10-19(13)26-12-24-21(23)20-18(26)6-7-30-20/h4-11H,12H2,1-3H3,(H2,23,24)(H,25,27). The zero-order valence-electron chi connectivity index (χ0n) is 16.9. The molecule has 154 valence electrons. The number of anilines is 3. The van der Waals surface area contributed by atoms with E-state index in [1.807, 2.05) is 36.6 Å². The number of aryl methyl sites for hydroxylation is 1. The second-order valence-electron chi connectivity index (χ2n) is 6.80. The second-order valence-corrected chi connectivity index (χ2v) is 7.72. The fraction of sp³-hybridized carbons (Fsp3) is 0.182. The smallest absolute Gasteiger partial charge is 0.255 e. The lowest BCUT2D eigenvalue weighted by Crippen LogP contribution is -2.28. The molecule has 0 atom stereocenters. The molecular formula is C22H22N4O3S. The van der Waals surface area contributed by atoms with E-state index in [0.717, 1.165) is 21.8 Å². The van der Waals surface area contributed by atoms with Gasteiger partial charge in [-0.2, -0.15) is 0 Å². The van der Waals surface area contributed by atoms with Crippen LogP contribution in [0.2, 0.25) is 0 Å². The second kappa shape index (κ2) is 8.08. The Kier molecular flexibility index (Phi) is 5.33. The number of rotatable bonds is 5. The maximum atomic E-state index is 12.9. The summed E-state index contributed by atoms with van der Waals surface area (Å²) >= 11 is 1.57. The molecule has 2 aromatic carbocycles. The SMILES string of the molecule is COc1cc(OC)cc(C(=O)Nc2ccc(C)c(N3CN=C(N)c4sccc43)c2)c1. The molecule has 7 nitrogen and oxygen atoms in total. The van der Waals surface area contributed by atoms with Crippen molar-refractivity contribution in [2.45, 2.75) is 6.92 Å². The average Bonchev–Trinajstić information content (AvgIpc) is 3.26. The Morgan fingerprint density at radius 3 is 2.53 bits per heavy atom. The minimum Gasteiger partial charge on any atom is -0.497 e. The Balaban J connectivity index is 1.63. The van der Waals surface area contributed by atoms with Crippen LogP contribution in [0.25, 0.3) is 0 Å². The lowest BCUT2D eigenvalue weighted by atomic mass is 10.1. The number of nitrogens with two attached hydrogens (primary N) is 1. The number of fused-ring (bicyclic) bond motifs is 1. The van der Waals surface area contributed by atoms with Crippen LogP contribution in [-0.2, 0) is 0 Å². The first-order valence-corrected chi connectivity index (χ1v) is 10.2. The summed E-state index contributed by atoms with van der Waals surface area (Å²) < 4.78 is 10.5. The van der Waals surface area contributed by atoms with E-state index in [0.29, 0.717) is 35.3 Å². The molecule has 3 N–H and O–H groups in total. The number of nitrogens with zero attached hydrogens (tertiary/aromatic N) is 2. The molecule has 0 unspecified atom stereocenters. The molecule has 30 heavy (non-hydrogen) atoms. The highest BCUT2D eigenvalue weighted by molar-refractivity contribution is 7.12. The summed E-state index contributed by atoms with van der Waals surface area (Å²) in [5, 5.41) is 4.96. The highest BCUT2D eigenvalue weighted by Crippen LogP contribution is 2.37. The van der Waals surface area contributed by atoms with E-state index in [4.69, 9.17) is 15.2 Å². The molecule has 1 aliphatic rings. The first-order valence-electron chi connectivity index (χ1n) is 9.30. The summed E-state index contributed by atoms with van der Waals surface area (Å²) in [5.74, 6) is 1.42. The third-order valence-electron chi connectivity index (χ3n) is 4.92. The number of benzene rings is 2. The van der Waals surface area contributed by atoms with E-state index in [2.05, 4.69) is 15.2 Å². The number of amidine groups is 1. The van der Waals surface area contributed by atoms with Crippen molar-refractivity contribution in [2.24, 2.45) is 10.7 Å². The van der Waals surface area contributed by atoms with Gasteiger partial charge < -0.3 is 25.4 Å². The lowest BCUT2D eigenvalue weighted by molar-refractivity contribution is 0.102. The maximum Gasteiger partial charge on any atom is 0.255 e. The van der Waals surface area contributed by atoms with Gasteiger partial charge in [0, 0.05) is 23.0 Å². The van der Waals surface area contributed by atoms with Crippen molar-refractivity contribution in [3.63, 3.8) is 0 Å². The first kappa shape index (κ1) is 19.8. The van der Waals surface area contributed by atoms with Gasteiger partial charge in [-0.05, 0) is 48.2 Å². The van der Waals surface area contributed by atoms with E-state index in [-0.39, 0.29) is 5.91 Å². The van der Waals surface area contributed by atoms with Crippen LogP contribution in [0.1, 0.15) is 20.8 Å². The van der Waals surface area contributed by atoms with Crippen molar-refractivity contribution in [1.82, 2.24) is 0 Å². The van der Waals surface area contributed by atoms with E-state index >= 15 is 0 Å². The van der Waals surface area contributed by atoms with Gasteiger partial charge >= 0.3 is 0 Å². The number of hydrogen-bond acceptors (Lipinski definition) is 7. The molecule has 0 radical (unpaired) electrons. The van der Waals surface area contributed by atoms with Gasteiger partial charge in [-0.25, -0.2) is 4.99 Å². The fourth-order valence-electron chi connectivity index (χ4n) is 3.33. The number of ether oxygens (including phenoxy) is 2. The number of nitrogens with one attached hydrogen (secondary N) is 1. The van der Waals surface area contributed by atoms with E-state index in [1.54, 1.807) is 43.8 Å². The molecule has 1 amide bonds. The van der Waals surface area contributed by atoms with Gasteiger partial charge in [0.05, 0.1) is 24.8 Å². The largest absolute Gasteiger partial charge is 0.497 e.